The number of hydrogen-bond acceptors (Lipinski definition) is 6. The van der Waals surface area contributed by atoms with E-state index in [1.54, 1.807) is 55.5 Å². The second-order valence-corrected chi connectivity index (χ2v) is 7.42. The topological polar surface area (TPSA) is 85.6 Å². The molecule has 29 heavy (non-hydrogen) atoms. The number of nitrogens with zero attached hydrogens (tertiary/aromatic N) is 1. The van der Waals surface area contributed by atoms with Gasteiger partial charge in [-0.2, -0.15) is 0 Å². The first-order valence-electron chi connectivity index (χ1n) is 9.05. The van der Waals surface area contributed by atoms with Crippen molar-refractivity contribution in [3.8, 4) is 5.75 Å². The Morgan fingerprint density at radius 3 is 2.48 bits per heavy atom. The number of Topliss-reactive ketones (excluding diaryl/α,β-unsaturated/α-hetero) is 1. The molecule has 0 atom stereocenters. The van der Waals surface area contributed by atoms with Crippen LogP contribution < -0.4 is 5.56 Å². The fourth-order valence-corrected chi connectivity index (χ4v) is 4.42. The first kappa shape index (κ1) is 18.9. The molecule has 0 aliphatic carbocycles. The van der Waals surface area contributed by atoms with Crippen molar-refractivity contribution in [2.24, 2.45) is 0 Å². The van der Waals surface area contributed by atoms with Gasteiger partial charge in [0.05, 0.1) is 23.4 Å². The number of aromatic nitrogens is 1. The van der Waals surface area contributed by atoms with E-state index in [4.69, 9.17) is 4.74 Å². The molecule has 0 aliphatic rings. The SMILES string of the molecule is CCOC(=O)c1sc2c(c1O)c(=O)n(CC(=O)c1ccccc1)c1ccccc21. The maximum absolute atomic E-state index is 13.2. The third kappa shape index (κ3) is 3.19. The molecule has 4 rings (SSSR count). The normalized spacial score (nSPS) is 11.1. The van der Waals surface area contributed by atoms with Crippen LogP contribution in [0.4, 0.5) is 0 Å². The lowest BCUT2D eigenvalue weighted by molar-refractivity contribution is 0.0529. The summed E-state index contributed by atoms with van der Waals surface area (Å²) in [7, 11) is 0. The molecule has 2 aromatic carbocycles. The Morgan fingerprint density at radius 1 is 1.07 bits per heavy atom. The number of thiophene rings is 1. The van der Waals surface area contributed by atoms with Gasteiger partial charge in [-0.05, 0) is 13.0 Å². The molecule has 0 unspecified atom stereocenters. The summed E-state index contributed by atoms with van der Waals surface area (Å²) in [5.41, 5.74) is 0.531. The van der Waals surface area contributed by atoms with Gasteiger partial charge in [0.15, 0.2) is 16.4 Å². The molecule has 0 radical (unpaired) electrons. The van der Waals surface area contributed by atoms with Gasteiger partial charge in [-0.15, -0.1) is 11.3 Å². The average molecular weight is 407 g/mol. The van der Waals surface area contributed by atoms with Crippen LogP contribution in [0, 0.1) is 0 Å². The van der Waals surface area contributed by atoms with Crippen LogP contribution in [0.2, 0.25) is 0 Å². The summed E-state index contributed by atoms with van der Waals surface area (Å²) in [6.07, 6.45) is 0. The lowest BCUT2D eigenvalue weighted by atomic mass is 10.1. The zero-order valence-corrected chi connectivity index (χ0v) is 16.4. The number of ketones is 1. The zero-order chi connectivity index (χ0) is 20.5. The molecule has 0 aliphatic heterocycles. The van der Waals surface area contributed by atoms with E-state index in [0.717, 1.165) is 11.3 Å². The van der Waals surface area contributed by atoms with E-state index in [1.165, 1.54) is 4.57 Å². The minimum Gasteiger partial charge on any atom is -0.505 e. The van der Waals surface area contributed by atoms with E-state index in [2.05, 4.69) is 0 Å². The molecule has 6 nitrogen and oxygen atoms in total. The Hall–Kier alpha value is -3.45. The molecule has 7 heteroatoms. The highest BCUT2D eigenvalue weighted by atomic mass is 32.1. The smallest absolute Gasteiger partial charge is 0.352 e. The van der Waals surface area contributed by atoms with E-state index >= 15 is 0 Å². The average Bonchev–Trinajstić information content (AvgIpc) is 3.09. The summed E-state index contributed by atoms with van der Waals surface area (Å²) < 4.78 is 6.83. The standard InChI is InChI=1S/C22H17NO5S/c1-2-28-22(27)20-18(25)17-19(29-20)14-10-6-7-11-15(14)23(21(17)26)12-16(24)13-8-4-3-5-9-13/h3-11,25H,2,12H2,1H3. The molecule has 0 fully saturated rings. The molecule has 0 spiro atoms. The molecule has 146 valence electrons. The van der Waals surface area contributed by atoms with Crippen LogP contribution in [0.25, 0.3) is 21.0 Å². The van der Waals surface area contributed by atoms with Crippen LogP contribution >= 0.6 is 11.3 Å². The van der Waals surface area contributed by atoms with Gasteiger partial charge in [0.25, 0.3) is 5.56 Å². The summed E-state index contributed by atoms with van der Waals surface area (Å²) in [6, 6.07) is 15.8. The molecule has 1 N–H and O–H groups in total. The van der Waals surface area contributed by atoms with E-state index in [0.29, 0.717) is 21.2 Å². The Morgan fingerprint density at radius 2 is 1.76 bits per heavy atom. The molecular weight excluding hydrogens is 390 g/mol. The number of ether oxygens (including phenoxy) is 1. The number of aromatic hydroxyl groups is 1. The van der Waals surface area contributed by atoms with Crippen LogP contribution in [-0.4, -0.2) is 28.0 Å². The fourth-order valence-electron chi connectivity index (χ4n) is 3.31. The lowest BCUT2D eigenvalue weighted by Gasteiger charge is -2.11. The van der Waals surface area contributed by atoms with Crippen LogP contribution in [0.3, 0.4) is 0 Å². The van der Waals surface area contributed by atoms with Gasteiger partial charge in [-0.25, -0.2) is 4.79 Å². The summed E-state index contributed by atoms with van der Waals surface area (Å²) in [6.45, 7) is 1.65. The van der Waals surface area contributed by atoms with E-state index in [-0.39, 0.29) is 29.2 Å². The van der Waals surface area contributed by atoms with Gasteiger partial charge in [-0.1, -0.05) is 48.5 Å². The highest BCUT2D eigenvalue weighted by Crippen LogP contribution is 2.39. The molecule has 0 bridgehead atoms. The first-order chi connectivity index (χ1) is 14.0. The van der Waals surface area contributed by atoms with Gasteiger partial charge in [0.2, 0.25) is 0 Å². The molecule has 2 aromatic heterocycles. The van der Waals surface area contributed by atoms with Crippen molar-refractivity contribution in [3.63, 3.8) is 0 Å². The predicted molar refractivity (Wildman–Crippen MR) is 112 cm³/mol. The number of rotatable bonds is 5. The van der Waals surface area contributed by atoms with Crippen LogP contribution in [0.15, 0.2) is 59.4 Å². The second kappa shape index (κ2) is 7.52. The van der Waals surface area contributed by atoms with Crippen LogP contribution in [-0.2, 0) is 11.3 Å². The number of esters is 1. The highest BCUT2D eigenvalue weighted by Gasteiger charge is 2.25. The number of pyridine rings is 1. The number of fused-ring (bicyclic) bond motifs is 3. The largest absolute Gasteiger partial charge is 0.505 e. The van der Waals surface area contributed by atoms with Crippen molar-refractivity contribution in [1.82, 2.24) is 4.57 Å². The summed E-state index contributed by atoms with van der Waals surface area (Å²) in [5, 5.41) is 11.3. The van der Waals surface area contributed by atoms with Crippen molar-refractivity contribution < 1.29 is 19.4 Å². The minimum atomic E-state index is -0.679. The number of para-hydroxylation sites is 1. The van der Waals surface area contributed by atoms with E-state index in [1.807, 2.05) is 6.07 Å². The second-order valence-electron chi connectivity index (χ2n) is 6.40. The third-order valence-corrected chi connectivity index (χ3v) is 5.83. The first-order valence-corrected chi connectivity index (χ1v) is 9.87. The summed E-state index contributed by atoms with van der Waals surface area (Å²) in [5.74, 6) is -1.31. The van der Waals surface area contributed by atoms with E-state index < -0.39 is 17.3 Å². The van der Waals surface area contributed by atoms with Gasteiger partial charge in [-0.3, -0.25) is 14.2 Å². The molecule has 0 saturated heterocycles. The minimum absolute atomic E-state index is 0.0174. The van der Waals surface area contributed by atoms with Crippen molar-refractivity contribution in [3.05, 3.63) is 75.4 Å². The Balaban J connectivity index is 1.96. The number of carbonyl (C=O) groups is 2. The Kier molecular flexibility index (Phi) is 4.90. The summed E-state index contributed by atoms with van der Waals surface area (Å²) >= 11 is 1.02. The number of carbonyl (C=O) groups excluding carboxylic acids is 2. The molecular formula is C22H17NO5S. The summed E-state index contributed by atoms with van der Waals surface area (Å²) in [4.78, 5) is 38.1. The Bertz CT molecular complexity index is 1300. The molecule has 4 aromatic rings. The third-order valence-electron chi connectivity index (χ3n) is 4.64. The molecule has 0 saturated carbocycles. The monoisotopic (exact) mass is 407 g/mol. The Labute approximate surface area is 169 Å². The van der Waals surface area contributed by atoms with Crippen molar-refractivity contribution >= 4 is 44.1 Å². The fraction of sp³-hybridized carbons (Fsp3) is 0.136. The van der Waals surface area contributed by atoms with E-state index in [9.17, 15) is 19.5 Å². The van der Waals surface area contributed by atoms with Crippen molar-refractivity contribution in [2.45, 2.75) is 13.5 Å². The molecule has 2 heterocycles. The number of benzene rings is 2. The lowest BCUT2D eigenvalue weighted by Crippen LogP contribution is -2.24. The number of hydrogen-bond donors (Lipinski definition) is 1. The predicted octanol–water partition coefficient (Wildman–Crippen LogP) is 3.98. The quantitative estimate of drug-likeness (QED) is 0.399. The van der Waals surface area contributed by atoms with Gasteiger partial charge < -0.3 is 9.84 Å². The van der Waals surface area contributed by atoms with Gasteiger partial charge >= 0.3 is 5.97 Å². The van der Waals surface area contributed by atoms with Crippen LogP contribution in [0.1, 0.15) is 27.0 Å². The van der Waals surface area contributed by atoms with Crippen molar-refractivity contribution in [1.29, 1.82) is 0 Å². The van der Waals surface area contributed by atoms with Crippen molar-refractivity contribution in [2.75, 3.05) is 6.61 Å². The van der Waals surface area contributed by atoms with Gasteiger partial charge in [0, 0.05) is 10.9 Å². The van der Waals surface area contributed by atoms with Crippen LogP contribution in [0.5, 0.6) is 5.75 Å². The maximum atomic E-state index is 13.2. The molecule has 0 amide bonds. The maximum Gasteiger partial charge on any atom is 0.352 e. The van der Waals surface area contributed by atoms with Gasteiger partial charge in [0.1, 0.15) is 5.39 Å². The highest BCUT2D eigenvalue weighted by molar-refractivity contribution is 7.22. The zero-order valence-electron chi connectivity index (χ0n) is 15.5.